The normalized spacial score (nSPS) is 24.0. The Morgan fingerprint density at radius 3 is 2.23 bits per heavy atom. The Labute approximate surface area is 161 Å². The molecule has 1 aromatic rings. The number of rotatable bonds is 6. The second-order valence-electron chi connectivity index (χ2n) is 8.09. The van der Waals surface area contributed by atoms with Crippen LogP contribution in [0.25, 0.3) is 0 Å². The molecule has 0 unspecified atom stereocenters. The molecule has 2 aliphatic carbocycles. The standard InChI is InChI=1S/C21H29ClN2O2/c1-14-9-15(2)11-17(10-14)21(7-8-21)20(26)24-18-5-3-16(4-6-18)13-23-19(25)12-22/h9-11,16,18H,3-8,12-13H2,1-2H3,(H,23,25)(H,24,26). The molecule has 3 rings (SSSR count). The summed E-state index contributed by atoms with van der Waals surface area (Å²) in [6, 6.07) is 6.74. The zero-order valence-electron chi connectivity index (χ0n) is 15.7. The molecule has 0 atom stereocenters. The summed E-state index contributed by atoms with van der Waals surface area (Å²) in [6.45, 7) is 4.88. The van der Waals surface area contributed by atoms with Gasteiger partial charge < -0.3 is 10.6 Å². The Balaban J connectivity index is 1.52. The Morgan fingerprint density at radius 1 is 1.08 bits per heavy atom. The fourth-order valence-corrected chi connectivity index (χ4v) is 4.26. The van der Waals surface area contributed by atoms with Crippen molar-refractivity contribution < 1.29 is 9.59 Å². The van der Waals surface area contributed by atoms with E-state index in [0.29, 0.717) is 12.5 Å². The molecule has 0 aliphatic heterocycles. The first-order valence-corrected chi connectivity index (χ1v) is 10.2. The van der Waals surface area contributed by atoms with Gasteiger partial charge in [0.2, 0.25) is 11.8 Å². The number of nitrogens with one attached hydrogen (secondary N) is 2. The molecule has 26 heavy (non-hydrogen) atoms. The van der Waals surface area contributed by atoms with Crippen LogP contribution in [0.5, 0.6) is 0 Å². The lowest BCUT2D eigenvalue weighted by Gasteiger charge is -2.30. The van der Waals surface area contributed by atoms with Gasteiger partial charge in [0.25, 0.3) is 0 Å². The number of carbonyl (C=O) groups is 2. The lowest BCUT2D eigenvalue weighted by molar-refractivity contribution is -0.124. The lowest BCUT2D eigenvalue weighted by atomic mass is 9.85. The average molecular weight is 377 g/mol. The van der Waals surface area contributed by atoms with Gasteiger partial charge >= 0.3 is 0 Å². The van der Waals surface area contributed by atoms with Crippen molar-refractivity contribution >= 4 is 23.4 Å². The van der Waals surface area contributed by atoms with Crippen molar-refractivity contribution in [3.63, 3.8) is 0 Å². The van der Waals surface area contributed by atoms with Crippen LogP contribution in [0.1, 0.15) is 55.2 Å². The van der Waals surface area contributed by atoms with Crippen LogP contribution in [0.15, 0.2) is 18.2 Å². The molecule has 5 heteroatoms. The minimum atomic E-state index is -0.304. The molecule has 142 valence electrons. The summed E-state index contributed by atoms with van der Waals surface area (Å²) in [5, 5.41) is 6.17. The molecule has 2 N–H and O–H groups in total. The Bertz CT molecular complexity index is 656. The molecular formula is C21H29ClN2O2. The number of alkyl halides is 1. The smallest absolute Gasteiger partial charge is 0.234 e. The summed E-state index contributed by atoms with van der Waals surface area (Å²) in [4.78, 5) is 24.2. The Kier molecular flexibility index (Phi) is 5.91. The summed E-state index contributed by atoms with van der Waals surface area (Å²) >= 11 is 5.51. The first-order chi connectivity index (χ1) is 12.4. The maximum atomic E-state index is 13.0. The van der Waals surface area contributed by atoms with Gasteiger partial charge in [0.05, 0.1) is 5.41 Å². The number of carbonyl (C=O) groups excluding carboxylic acids is 2. The number of amides is 2. The Morgan fingerprint density at radius 2 is 1.69 bits per heavy atom. The highest BCUT2D eigenvalue weighted by atomic mass is 35.5. The quantitative estimate of drug-likeness (QED) is 0.748. The fourth-order valence-electron chi connectivity index (χ4n) is 4.16. The zero-order chi connectivity index (χ0) is 18.7. The van der Waals surface area contributed by atoms with Crippen LogP contribution < -0.4 is 10.6 Å². The van der Waals surface area contributed by atoms with E-state index in [1.807, 2.05) is 0 Å². The van der Waals surface area contributed by atoms with Crippen molar-refractivity contribution in [2.75, 3.05) is 12.4 Å². The van der Waals surface area contributed by atoms with Crippen LogP contribution in [0.4, 0.5) is 0 Å². The topological polar surface area (TPSA) is 58.2 Å². The van der Waals surface area contributed by atoms with Crippen LogP contribution in [-0.2, 0) is 15.0 Å². The van der Waals surface area contributed by atoms with Gasteiger partial charge in [-0.1, -0.05) is 29.3 Å². The molecule has 0 radical (unpaired) electrons. The van der Waals surface area contributed by atoms with Crippen LogP contribution >= 0.6 is 11.6 Å². The highest BCUT2D eigenvalue weighted by Gasteiger charge is 2.51. The van der Waals surface area contributed by atoms with Gasteiger partial charge in [0.1, 0.15) is 5.88 Å². The molecule has 0 heterocycles. The molecule has 1 aromatic carbocycles. The molecule has 0 saturated heterocycles. The lowest BCUT2D eigenvalue weighted by Crippen LogP contribution is -2.44. The van der Waals surface area contributed by atoms with Crippen LogP contribution in [0, 0.1) is 19.8 Å². The van der Waals surface area contributed by atoms with E-state index >= 15 is 0 Å². The number of aryl methyl sites for hydroxylation is 2. The summed E-state index contributed by atoms with van der Waals surface area (Å²) in [5.41, 5.74) is 3.31. The van der Waals surface area contributed by atoms with Gasteiger partial charge in [-0.2, -0.15) is 0 Å². The Hall–Kier alpha value is -1.55. The molecule has 2 fully saturated rings. The third kappa shape index (κ3) is 4.40. The summed E-state index contributed by atoms with van der Waals surface area (Å²) in [5.74, 6) is 0.601. The van der Waals surface area contributed by atoms with E-state index in [1.54, 1.807) is 0 Å². The number of halogens is 1. The van der Waals surface area contributed by atoms with Crippen molar-refractivity contribution in [2.24, 2.45) is 5.92 Å². The highest BCUT2D eigenvalue weighted by molar-refractivity contribution is 6.27. The highest BCUT2D eigenvalue weighted by Crippen LogP contribution is 2.49. The predicted octanol–water partition coefficient (Wildman–Crippen LogP) is 3.37. The fraction of sp³-hybridized carbons (Fsp3) is 0.619. The van der Waals surface area contributed by atoms with E-state index in [9.17, 15) is 9.59 Å². The van der Waals surface area contributed by atoms with Crippen LogP contribution in [0.2, 0.25) is 0 Å². The van der Waals surface area contributed by atoms with Crippen molar-refractivity contribution in [2.45, 2.75) is 63.8 Å². The van der Waals surface area contributed by atoms with E-state index in [0.717, 1.165) is 38.5 Å². The third-order valence-electron chi connectivity index (χ3n) is 5.85. The molecular weight excluding hydrogens is 348 g/mol. The van der Waals surface area contributed by atoms with Gasteiger partial charge in [-0.25, -0.2) is 0 Å². The molecule has 2 amide bonds. The van der Waals surface area contributed by atoms with E-state index in [-0.39, 0.29) is 29.2 Å². The molecule has 2 saturated carbocycles. The maximum absolute atomic E-state index is 13.0. The second-order valence-corrected chi connectivity index (χ2v) is 8.35. The minimum Gasteiger partial charge on any atom is -0.355 e. The number of benzene rings is 1. The van der Waals surface area contributed by atoms with E-state index in [4.69, 9.17) is 11.6 Å². The van der Waals surface area contributed by atoms with Gasteiger partial charge in [-0.3, -0.25) is 9.59 Å². The second kappa shape index (κ2) is 7.99. The molecule has 2 aliphatic rings. The monoisotopic (exact) mass is 376 g/mol. The number of hydrogen-bond acceptors (Lipinski definition) is 2. The van der Waals surface area contributed by atoms with Crippen molar-refractivity contribution in [1.29, 1.82) is 0 Å². The molecule has 0 aromatic heterocycles. The summed E-state index contributed by atoms with van der Waals surface area (Å²) in [6.07, 6.45) is 5.92. The predicted molar refractivity (Wildman–Crippen MR) is 104 cm³/mol. The van der Waals surface area contributed by atoms with Gasteiger partial charge in [0.15, 0.2) is 0 Å². The zero-order valence-corrected chi connectivity index (χ0v) is 16.5. The average Bonchev–Trinajstić information content (AvgIpc) is 3.42. The largest absolute Gasteiger partial charge is 0.355 e. The maximum Gasteiger partial charge on any atom is 0.234 e. The SMILES string of the molecule is Cc1cc(C)cc(C2(C(=O)NC3CCC(CNC(=O)CCl)CC3)CC2)c1. The molecule has 4 nitrogen and oxygen atoms in total. The van der Waals surface area contributed by atoms with Gasteiger partial charge in [-0.15, -0.1) is 11.6 Å². The molecule has 0 bridgehead atoms. The van der Waals surface area contributed by atoms with E-state index in [2.05, 4.69) is 42.7 Å². The van der Waals surface area contributed by atoms with Gasteiger partial charge in [0, 0.05) is 12.6 Å². The summed E-state index contributed by atoms with van der Waals surface area (Å²) < 4.78 is 0. The van der Waals surface area contributed by atoms with Gasteiger partial charge in [-0.05, 0) is 63.9 Å². The number of hydrogen-bond donors (Lipinski definition) is 2. The summed E-state index contributed by atoms with van der Waals surface area (Å²) in [7, 11) is 0. The first kappa shape index (κ1) is 19.2. The van der Waals surface area contributed by atoms with Crippen molar-refractivity contribution in [3.05, 3.63) is 34.9 Å². The first-order valence-electron chi connectivity index (χ1n) is 9.65. The van der Waals surface area contributed by atoms with E-state index in [1.165, 1.54) is 16.7 Å². The molecule has 0 spiro atoms. The van der Waals surface area contributed by atoms with Crippen LogP contribution in [-0.4, -0.2) is 30.3 Å². The van der Waals surface area contributed by atoms with Crippen molar-refractivity contribution in [1.82, 2.24) is 10.6 Å². The third-order valence-corrected chi connectivity index (χ3v) is 6.09. The van der Waals surface area contributed by atoms with Crippen LogP contribution in [0.3, 0.4) is 0 Å². The minimum absolute atomic E-state index is 0.0198. The van der Waals surface area contributed by atoms with E-state index < -0.39 is 0 Å². The van der Waals surface area contributed by atoms with Crippen molar-refractivity contribution in [3.8, 4) is 0 Å².